The van der Waals surface area contributed by atoms with Crippen molar-refractivity contribution >= 4 is 11.3 Å². The number of rotatable bonds is 3. The van der Waals surface area contributed by atoms with E-state index in [1.165, 1.54) is 44.1 Å². The highest BCUT2D eigenvalue weighted by Crippen LogP contribution is 2.31. The van der Waals surface area contributed by atoms with E-state index in [1.54, 1.807) is 11.3 Å². The zero-order chi connectivity index (χ0) is 9.15. The minimum absolute atomic E-state index is 0.169. The van der Waals surface area contributed by atoms with Gasteiger partial charge in [0.25, 0.3) is 0 Å². The van der Waals surface area contributed by atoms with Gasteiger partial charge in [0.2, 0.25) is 0 Å². The van der Waals surface area contributed by atoms with Gasteiger partial charge in [-0.3, -0.25) is 0 Å². The number of thiophene rings is 1. The third-order valence-corrected chi connectivity index (χ3v) is 3.82. The van der Waals surface area contributed by atoms with E-state index >= 15 is 0 Å². The van der Waals surface area contributed by atoms with Gasteiger partial charge in [-0.15, -0.1) is 0 Å². The third kappa shape index (κ3) is 2.32. The molecular weight excluding hydrogens is 178 g/mol. The first-order valence-corrected chi connectivity index (χ1v) is 6.03. The van der Waals surface area contributed by atoms with Crippen molar-refractivity contribution in [2.75, 3.05) is 0 Å². The molecule has 1 saturated carbocycles. The van der Waals surface area contributed by atoms with E-state index in [2.05, 4.69) is 16.8 Å². The summed E-state index contributed by atoms with van der Waals surface area (Å²) in [6.45, 7) is 0. The van der Waals surface area contributed by atoms with Crippen LogP contribution < -0.4 is 5.73 Å². The monoisotopic (exact) mass is 195 g/mol. The Balaban J connectivity index is 1.85. The molecule has 0 saturated heterocycles. The molecule has 2 N–H and O–H groups in total. The van der Waals surface area contributed by atoms with Gasteiger partial charge in [-0.1, -0.05) is 12.8 Å². The smallest absolute Gasteiger partial charge is 0.0157 e. The molecule has 0 atom stereocenters. The maximum atomic E-state index is 6.28. The molecule has 0 radical (unpaired) electrons. The highest BCUT2D eigenvalue weighted by Gasteiger charge is 2.28. The molecule has 13 heavy (non-hydrogen) atoms. The average Bonchev–Trinajstić information content (AvgIpc) is 2.72. The van der Waals surface area contributed by atoms with Gasteiger partial charge in [0.05, 0.1) is 0 Å². The van der Waals surface area contributed by atoms with Crippen LogP contribution in [0.15, 0.2) is 16.8 Å². The van der Waals surface area contributed by atoms with Crippen LogP contribution >= 0.6 is 11.3 Å². The Kier molecular flexibility index (Phi) is 2.70. The molecule has 0 amide bonds. The second kappa shape index (κ2) is 3.81. The summed E-state index contributed by atoms with van der Waals surface area (Å²) in [5.74, 6) is 0. The second-order valence-electron chi connectivity index (χ2n) is 4.20. The maximum Gasteiger partial charge on any atom is 0.0157 e. The van der Waals surface area contributed by atoms with Crippen molar-refractivity contribution in [2.45, 2.75) is 44.1 Å². The standard InChI is InChI=1S/C11H17NS/c12-11(5-1-2-6-11)7-3-10-4-8-13-9-10/h4,8-9H,1-3,5-7,12H2. The summed E-state index contributed by atoms with van der Waals surface area (Å²) >= 11 is 1.78. The fraction of sp³-hybridized carbons (Fsp3) is 0.636. The van der Waals surface area contributed by atoms with E-state index in [-0.39, 0.29) is 5.54 Å². The molecule has 1 heterocycles. The molecule has 1 aromatic heterocycles. The van der Waals surface area contributed by atoms with E-state index < -0.39 is 0 Å². The summed E-state index contributed by atoms with van der Waals surface area (Å²) < 4.78 is 0. The van der Waals surface area contributed by atoms with Gasteiger partial charge in [-0.05, 0) is 48.1 Å². The predicted octanol–water partition coefficient (Wildman–Crippen LogP) is 2.95. The molecule has 1 aromatic rings. The van der Waals surface area contributed by atoms with Crippen LogP contribution in [-0.4, -0.2) is 5.54 Å². The Morgan fingerprint density at radius 2 is 2.15 bits per heavy atom. The van der Waals surface area contributed by atoms with Gasteiger partial charge in [-0.25, -0.2) is 0 Å². The van der Waals surface area contributed by atoms with Crippen LogP contribution in [-0.2, 0) is 6.42 Å². The maximum absolute atomic E-state index is 6.28. The summed E-state index contributed by atoms with van der Waals surface area (Å²) in [4.78, 5) is 0. The van der Waals surface area contributed by atoms with Gasteiger partial charge in [0.15, 0.2) is 0 Å². The van der Waals surface area contributed by atoms with E-state index in [9.17, 15) is 0 Å². The quantitative estimate of drug-likeness (QED) is 0.788. The minimum Gasteiger partial charge on any atom is -0.325 e. The lowest BCUT2D eigenvalue weighted by molar-refractivity contribution is 0.406. The van der Waals surface area contributed by atoms with Gasteiger partial charge in [0, 0.05) is 5.54 Å². The number of aryl methyl sites for hydroxylation is 1. The van der Waals surface area contributed by atoms with Gasteiger partial charge < -0.3 is 5.73 Å². The largest absolute Gasteiger partial charge is 0.325 e. The van der Waals surface area contributed by atoms with Crippen molar-refractivity contribution in [3.05, 3.63) is 22.4 Å². The normalized spacial score (nSPS) is 20.7. The lowest BCUT2D eigenvalue weighted by Gasteiger charge is -2.22. The second-order valence-corrected chi connectivity index (χ2v) is 4.98. The Morgan fingerprint density at radius 3 is 2.77 bits per heavy atom. The predicted molar refractivity (Wildman–Crippen MR) is 58.0 cm³/mol. The first-order valence-electron chi connectivity index (χ1n) is 5.08. The lowest BCUT2D eigenvalue weighted by atomic mass is 9.91. The molecule has 1 nitrogen and oxygen atoms in total. The minimum atomic E-state index is 0.169. The van der Waals surface area contributed by atoms with Gasteiger partial charge >= 0.3 is 0 Å². The summed E-state index contributed by atoms with van der Waals surface area (Å²) in [6, 6.07) is 2.21. The number of hydrogen-bond donors (Lipinski definition) is 1. The highest BCUT2D eigenvalue weighted by molar-refractivity contribution is 7.07. The Morgan fingerprint density at radius 1 is 1.38 bits per heavy atom. The molecule has 0 aliphatic heterocycles. The topological polar surface area (TPSA) is 26.0 Å². The summed E-state index contributed by atoms with van der Waals surface area (Å²) in [5, 5.41) is 4.38. The molecule has 1 aliphatic rings. The third-order valence-electron chi connectivity index (χ3n) is 3.09. The molecule has 2 heteroatoms. The average molecular weight is 195 g/mol. The SMILES string of the molecule is NC1(CCc2ccsc2)CCCC1. The first-order chi connectivity index (χ1) is 6.29. The van der Waals surface area contributed by atoms with Crippen molar-refractivity contribution in [1.29, 1.82) is 0 Å². The van der Waals surface area contributed by atoms with Crippen LogP contribution in [0.2, 0.25) is 0 Å². The van der Waals surface area contributed by atoms with E-state index in [4.69, 9.17) is 5.73 Å². The zero-order valence-corrected chi connectivity index (χ0v) is 8.78. The summed E-state index contributed by atoms with van der Waals surface area (Å²) in [5.41, 5.74) is 7.91. The molecule has 0 aromatic carbocycles. The van der Waals surface area contributed by atoms with Gasteiger partial charge in [-0.2, -0.15) is 11.3 Å². The lowest BCUT2D eigenvalue weighted by Crippen LogP contribution is -2.36. The highest BCUT2D eigenvalue weighted by atomic mass is 32.1. The summed E-state index contributed by atoms with van der Waals surface area (Å²) in [7, 11) is 0. The molecule has 0 bridgehead atoms. The van der Waals surface area contributed by atoms with Crippen LogP contribution in [0.4, 0.5) is 0 Å². The molecule has 0 spiro atoms. The van der Waals surface area contributed by atoms with E-state index in [1.807, 2.05) is 0 Å². The zero-order valence-electron chi connectivity index (χ0n) is 7.96. The summed E-state index contributed by atoms with van der Waals surface area (Å²) in [6.07, 6.45) is 7.47. The van der Waals surface area contributed by atoms with Crippen LogP contribution in [0.1, 0.15) is 37.7 Å². The Bertz CT molecular complexity index is 247. The van der Waals surface area contributed by atoms with Crippen molar-refractivity contribution in [1.82, 2.24) is 0 Å². The fourth-order valence-corrected chi connectivity index (χ4v) is 2.86. The van der Waals surface area contributed by atoms with Crippen LogP contribution in [0.25, 0.3) is 0 Å². The Hall–Kier alpha value is -0.340. The first kappa shape index (κ1) is 9.22. The van der Waals surface area contributed by atoms with E-state index in [0.29, 0.717) is 0 Å². The molecule has 2 rings (SSSR count). The van der Waals surface area contributed by atoms with Crippen LogP contribution in [0.3, 0.4) is 0 Å². The number of hydrogen-bond acceptors (Lipinski definition) is 2. The van der Waals surface area contributed by atoms with E-state index in [0.717, 1.165) is 0 Å². The van der Waals surface area contributed by atoms with Crippen molar-refractivity contribution in [2.24, 2.45) is 5.73 Å². The van der Waals surface area contributed by atoms with Crippen molar-refractivity contribution < 1.29 is 0 Å². The Labute approximate surface area is 84.0 Å². The molecule has 1 fully saturated rings. The fourth-order valence-electron chi connectivity index (χ4n) is 2.16. The van der Waals surface area contributed by atoms with Crippen LogP contribution in [0.5, 0.6) is 0 Å². The molecule has 0 unspecified atom stereocenters. The van der Waals surface area contributed by atoms with Gasteiger partial charge in [0.1, 0.15) is 0 Å². The van der Waals surface area contributed by atoms with Crippen LogP contribution in [0, 0.1) is 0 Å². The van der Waals surface area contributed by atoms with Crippen molar-refractivity contribution in [3.63, 3.8) is 0 Å². The van der Waals surface area contributed by atoms with Crippen molar-refractivity contribution in [3.8, 4) is 0 Å². The number of nitrogens with two attached hydrogens (primary N) is 1. The molecular formula is C11H17NS. The molecule has 1 aliphatic carbocycles. The molecule has 72 valence electrons.